The number of hydrogen-bond donors (Lipinski definition) is 0. The molecule has 0 aromatic heterocycles. The Labute approximate surface area is 165 Å². The average Bonchev–Trinajstić information content (AvgIpc) is 3.15. The second-order valence-corrected chi connectivity index (χ2v) is 9.45. The highest BCUT2D eigenvalue weighted by molar-refractivity contribution is 5.53. The van der Waals surface area contributed by atoms with Gasteiger partial charge in [-0.1, -0.05) is 13.3 Å². The number of ether oxygens (including phenoxy) is 1. The van der Waals surface area contributed by atoms with E-state index >= 15 is 0 Å². The molecule has 2 aliphatic carbocycles. The number of rotatable bonds is 7. The molecule has 3 aliphatic rings. The average molecular weight is 381 g/mol. The molecule has 3 fully saturated rings. The molecule has 0 bridgehead atoms. The van der Waals surface area contributed by atoms with E-state index < -0.39 is 0 Å². The van der Waals surface area contributed by atoms with E-state index in [1.165, 1.54) is 38.4 Å². The Morgan fingerprint density at radius 2 is 2.04 bits per heavy atom. The first-order chi connectivity index (χ1) is 13.0. The zero-order chi connectivity index (χ0) is 19.4. The fraction of sp³-hybridized carbons (Fsp3) is 0.955. The molecular formula is C22H40N2O3. The van der Waals surface area contributed by atoms with Crippen LogP contribution in [-0.4, -0.2) is 69.3 Å². The third kappa shape index (κ3) is 5.11. The molecule has 3 rings (SSSR count). The van der Waals surface area contributed by atoms with Crippen molar-refractivity contribution in [1.82, 2.24) is 9.96 Å². The van der Waals surface area contributed by atoms with Crippen molar-refractivity contribution >= 4 is 6.29 Å². The highest BCUT2D eigenvalue weighted by atomic mass is 16.7. The maximum atomic E-state index is 11.6. The molecule has 0 aromatic carbocycles. The number of hydrogen-bond acceptors (Lipinski definition) is 5. The SMILES string of the molecule is CCC1CON(CC2CCCC(C3CC(C=O)CC(N(C)C)C3)C2OC)C1. The topological polar surface area (TPSA) is 42.0 Å². The fourth-order valence-electron chi connectivity index (χ4n) is 5.86. The number of hydroxylamine groups is 2. The van der Waals surface area contributed by atoms with Crippen LogP contribution in [-0.2, 0) is 14.4 Å². The molecule has 1 aliphatic heterocycles. The summed E-state index contributed by atoms with van der Waals surface area (Å²) in [5, 5.41) is 2.20. The van der Waals surface area contributed by atoms with Gasteiger partial charge in [-0.3, -0.25) is 4.84 Å². The largest absolute Gasteiger partial charge is 0.381 e. The van der Waals surface area contributed by atoms with Gasteiger partial charge < -0.3 is 14.4 Å². The van der Waals surface area contributed by atoms with Gasteiger partial charge in [0.15, 0.2) is 0 Å². The molecule has 7 atom stereocenters. The fourth-order valence-corrected chi connectivity index (χ4v) is 5.86. The summed E-state index contributed by atoms with van der Waals surface area (Å²) in [5.74, 6) is 2.60. The molecule has 27 heavy (non-hydrogen) atoms. The number of nitrogens with zero attached hydrogens (tertiary/aromatic N) is 2. The van der Waals surface area contributed by atoms with Gasteiger partial charge in [-0.15, -0.1) is 0 Å². The Hall–Kier alpha value is -0.490. The summed E-state index contributed by atoms with van der Waals surface area (Å²) < 4.78 is 6.11. The van der Waals surface area contributed by atoms with Crippen LogP contribution in [0.25, 0.3) is 0 Å². The minimum Gasteiger partial charge on any atom is -0.381 e. The Bertz CT molecular complexity index is 472. The van der Waals surface area contributed by atoms with Crippen molar-refractivity contribution in [3.8, 4) is 0 Å². The summed E-state index contributed by atoms with van der Waals surface area (Å²) in [4.78, 5) is 19.8. The van der Waals surface area contributed by atoms with Gasteiger partial charge in [0, 0.05) is 38.1 Å². The standard InChI is InChI=1S/C22H40N2O3/c1-5-16-12-24(27-15-16)13-18-7-6-8-21(22(18)26-4)19-9-17(14-25)10-20(11-19)23(2)3/h14,16-22H,5-13,15H2,1-4H3. The number of aldehydes is 1. The molecule has 7 unspecified atom stereocenters. The van der Waals surface area contributed by atoms with Crippen LogP contribution in [0.1, 0.15) is 51.9 Å². The van der Waals surface area contributed by atoms with Gasteiger partial charge in [0.2, 0.25) is 0 Å². The summed E-state index contributed by atoms with van der Waals surface area (Å²) in [6.07, 6.45) is 9.69. The normalized spacial score (nSPS) is 41.1. The maximum absolute atomic E-state index is 11.6. The van der Waals surface area contributed by atoms with Crippen molar-refractivity contribution in [2.75, 3.05) is 40.9 Å². The second-order valence-electron chi connectivity index (χ2n) is 9.45. The minimum atomic E-state index is 0.210. The molecule has 0 aromatic rings. The van der Waals surface area contributed by atoms with Gasteiger partial charge in [-0.2, -0.15) is 5.06 Å². The van der Waals surface area contributed by atoms with Gasteiger partial charge in [-0.25, -0.2) is 0 Å². The summed E-state index contributed by atoms with van der Waals surface area (Å²) in [5.41, 5.74) is 0. The molecule has 1 heterocycles. The number of methoxy groups -OCH3 is 1. The maximum Gasteiger partial charge on any atom is 0.123 e. The lowest BCUT2D eigenvalue weighted by Gasteiger charge is -2.46. The van der Waals surface area contributed by atoms with E-state index in [0.717, 1.165) is 32.5 Å². The molecular weight excluding hydrogens is 340 g/mol. The molecule has 2 saturated carbocycles. The van der Waals surface area contributed by atoms with Gasteiger partial charge in [-0.05, 0) is 70.4 Å². The lowest BCUT2D eigenvalue weighted by molar-refractivity contribution is -0.144. The molecule has 0 N–H and O–H groups in total. The first kappa shape index (κ1) is 21.2. The Morgan fingerprint density at radius 1 is 1.22 bits per heavy atom. The zero-order valence-electron chi connectivity index (χ0n) is 17.8. The smallest absolute Gasteiger partial charge is 0.123 e. The van der Waals surface area contributed by atoms with E-state index in [1.54, 1.807) is 0 Å². The van der Waals surface area contributed by atoms with Crippen molar-refractivity contribution < 1.29 is 14.4 Å². The Kier molecular flexibility index (Phi) is 7.72. The predicted octanol–water partition coefficient (Wildman–Crippen LogP) is 3.24. The molecule has 1 saturated heterocycles. The lowest BCUT2D eigenvalue weighted by Crippen LogP contribution is -2.47. The number of carbonyl (C=O) groups is 1. The van der Waals surface area contributed by atoms with Crippen LogP contribution >= 0.6 is 0 Å². The molecule has 5 heteroatoms. The van der Waals surface area contributed by atoms with Crippen LogP contribution in [0.2, 0.25) is 0 Å². The highest BCUT2D eigenvalue weighted by Crippen LogP contribution is 2.44. The van der Waals surface area contributed by atoms with E-state index in [2.05, 4.69) is 31.0 Å². The van der Waals surface area contributed by atoms with Crippen LogP contribution in [0.5, 0.6) is 0 Å². The Balaban J connectivity index is 1.66. The Morgan fingerprint density at radius 3 is 2.67 bits per heavy atom. The molecule has 0 radical (unpaired) electrons. The van der Waals surface area contributed by atoms with Crippen LogP contribution in [0.3, 0.4) is 0 Å². The van der Waals surface area contributed by atoms with E-state index in [-0.39, 0.29) is 5.92 Å². The van der Waals surface area contributed by atoms with E-state index in [4.69, 9.17) is 9.57 Å². The lowest BCUT2D eigenvalue weighted by atomic mass is 9.65. The highest BCUT2D eigenvalue weighted by Gasteiger charge is 2.42. The first-order valence-corrected chi connectivity index (χ1v) is 11.1. The zero-order valence-corrected chi connectivity index (χ0v) is 17.8. The van der Waals surface area contributed by atoms with Gasteiger partial charge in [0.05, 0.1) is 12.7 Å². The van der Waals surface area contributed by atoms with Gasteiger partial charge in [0.1, 0.15) is 6.29 Å². The summed E-state index contributed by atoms with van der Waals surface area (Å²) in [6.45, 7) is 5.18. The van der Waals surface area contributed by atoms with Gasteiger partial charge >= 0.3 is 0 Å². The van der Waals surface area contributed by atoms with Crippen molar-refractivity contribution in [2.45, 2.75) is 64.0 Å². The van der Waals surface area contributed by atoms with Crippen molar-refractivity contribution in [1.29, 1.82) is 0 Å². The van der Waals surface area contributed by atoms with Crippen molar-refractivity contribution in [2.24, 2.45) is 29.6 Å². The van der Waals surface area contributed by atoms with Crippen molar-refractivity contribution in [3.05, 3.63) is 0 Å². The van der Waals surface area contributed by atoms with E-state index in [0.29, 0.717) is 35.8 Å². The quantitative estimate of drug-likeness (QED) is 0.634. The summed E-state index contributed by atoms with van der Waals surface area (Å²) in [7, 11) is 6.20. The van der Waals surface area contributed by atoms with Gasteiger partial charge in [0.25, 0.3) is 0 Å². The van der Waals surface area contributed by atoms with E-state index in [9.17, 15) is 4.79 Å². The summed E-state index contributed by atoms with van der Waals surface area (Å²) in [6, 6.07) is 0.518. The summed E-state index contributed by atoms with van der Waals surface area (Å²) >= 11 is 0. The van der Waals surface area contributed by atoms with E-state index in [1.807, 2.05) is 7.11 Å². The molecule has 156 valence electrons. The van der Waals surface area contributed by atoms with Crippen LogP contribution < -0.4 is 0 Å². The first-order valence-electron chi connectivity index (χ1n) is 11.1. The second kappa shape index (κ2) is 9.82. The minimum absolute atomic E-state index is 0.210. The third-order valence-electron chi connectivity index (χ3n) is 7.52. The van der Waals surface area contributed by atoms with Crippen LogP contribution in [0.4, 0.5) is 0 Å². The van der Waals surface area contributed by atoms with Crippen molar-refractivity contribution in [3.63, 3.8) is 0 Å². The molecule has 5 nitrogen and oxygen atoms in total. The number of carbonyl (C=O) groups excluding carboxylic acids is 1. The molecule has 0 spiro atoms. The van der Waals surface area contributed by atoms with Crippen LogP contribution in [0.15, 0.2) is 0 Å². The third-order valence-corrected chi connectivity index (χ3v) is 7.52. The van der Waals surface area contributed by atoms with Crippen LogP contribution in [0, 0.1) is 29.6 Å². The molecule has 0 amide bonds. The monoisotopic (exact) mass is 380 g/mol. The predicted molar refractivity (Wildman–Crippen MR) is 107 cm³/mol.